The van der Waals surface area contributed by atoms with E-state index in [1.165, 1.54) is 0 Å². The number of rotatable bonds is 6. The standard InChI is InChI=1S/C17H22N4O2/c18-14-6-5-13(11-14)17(22)20-15-3-1-2-4-16(15)23-10-9-21-8-7-19-12-21/h1-4,7-8,12-14H,5-6,9-11,18H2,(H,20,22). The van der Waals surface area contributed by atoms with Crippen LogP contribution in [-0.2, 0) is 11.3 Å². The van der Waals surface area contributed by atoms with Crippen molar-refractivity contribution in [3.8, 4) is 5.75 Å². The number of nitrogens with one attached hydrogen (secondary N) is 1. The number of nitrogens with zero attached hydrogens (tertiary/aromatic N) is 2. The molecule has 3 N–H and O–H groups in total. The van der Waals surface area contributed by atoms with Gasteiger partial charge in [-0.15, -0.1) is 0 Å². The van der Waals surface area contributed by atoms with Crippen LogP contribution in [0.4, 0.5) is 5.69 Å². The molecule has 1 fully saturated rings. The third kappa shape index (κ3) is 4.10. The second-order valence-corrected chi connectivity index (χ2v) is 5.90. The van der Waals surface area contributed by atoms with Gasteiger partial charge in [0.05, 0.1) is 18.6 Å². The highest BCUT2D eigenvalue weighted by Gasteiger charge is 2.28. The smallest absolute Gasteiger partial charge is 0.227 e. The third-order valence-electron chi connectivity index (χ3n) is 4.16. The predicted octanol–water partition coefficient (Wildman–Crippen LogP) is 2.03. The lowest BCUT2D eigenvalue weighted by Crippen LogP contribution is -2.23. The number of anilines is 1. The molecule has 2 aromatic rings. The Balaban J connectivity index is 1.57. The molecule has 0 aliphatic heterocycles. The maximum absolute atomic E-state index is 12.3. The van der Waals surface area contributed by atoms with Crippen LogP contribution in [-0.4, -0.2) is 28.1 Å². The summed E-state index contributed by atoms with van der Waals surface area (Å²) in [6, 6.07) is 7.66. The van der Waals surface area contributed by atoms with Crippen molar-refractivity contribution in [2.24, 2.45) is 11.7 Å². The van der Waals surface area contributed by atoms with Crippen LogP contribution in [0.25, 0.3) is 0 Å². The van der Waals surface area contributed by atoms with E-state index in [1.807, 2.05) is 35.0 Å². The van der Waals surface area contributed by atoms with Crippen molar-refractivity contribution < 1.29 is 9.53 Å². The quantitative estimate of drug-likeness (QED) is 0.854. The van der Waals surface area contributed by atoms with Crippen LogP contribution < -0.4 is 15.8 Å². The largest absolute Gasteiger partial charge is 0.490 e. The van der Waals surface area contributed by atoms with E-state index in [1.54, 1.807) is 12.5 Å². The molecule has 1 heterocycles. The molecule has 1 saturated carbocycles. The van der Waals surface area contributed by atoms with Crippen molar-refractivity contribution in [3.05, 3.63) is 43.0 Å². The first-order valence-electron chi connectivity index (χ1n) is 7.96. The van der Waals surface area contributed by atoms with E-state index >= 15 is 0 Å². The average molecular weight is 314 g/mol. The molecule has 2 atom stereocenters. The summed E-state index contributed by atoms with van der Waals surface area (Å²) in [5.41, 5.74) is 6.60. The summed E-state index contributed by atoms with van der Waals surface area (Å²) in [6.07, 6.45) is 7.91. The SMILES string of the molecule is NC1CCC(C(=O)Nc2ccccc2OCCn2ccnc2)C1. The fourth-order valence-corrected chi connectivity index (χ4v) is 2.87. The van der Waals surface area contributed by atoms with Gasteiger partial charge in [0.2, 0.25) is 5.91 Å². The molecule has 0 saturated heterocycles. The van der Waals surface area contributed by atoms with Gasteiger partial charge in [0.25, 0.3) is 0 Å². The number of benzene rings is 1. The van der Waals surface area contributed by atoms with E-state index in [4.69, 9.17) is 10.5 Å². The zero-order valence-electron chi connectivity index (χ0n) is 13.0. The van der Waals surface area contributed by atoms with Gasteiger partial charge in [-0.1, -0.05) is 12.1 Å². The van der Waals surface area contributed by atoms with E-state index in [0.717, 1.165) is 19.3 Å². The molecule has 1 aliphatic rings. The summed E-state index contributed by atoms with van der Waals surface area (Å²) in [5.74, 6) is 0.718. The maximum atomic E-state index is 12.3. The summed E-state index contributed by atoms with van der Waals surface area (Å²) in [5, 5.41) is 2.98. The molecule has 0 radical (unpaired) electrons. The molecule has 1 aromatic heterocycles. The molecule has 0 spiro atoms. The Kier molecular flexibility index (Phi) is 4.92. The minimum absolute atomic E-state index is 0.00371. The molecule has 6 nitrogen and oxygen atoms in total. The molecule has 6 heteroatoms. The summed E-state index contributed by atoms with van der Waals surface area (Å²) in [4.78, 5) is 16.3. The van der Waals surface area contributed by atoms with Crippen molar-refractivity contribution in [3.63, 3.8) is 0 Å². The van der Waals surface area contributed by atoms with Crippen LogP contribution >= 0.6 is 0 Å². The highest BCUT2D eigenvalue weighted by atomic mass is 16.5. The van der Waals surface area contributed by atoms with Gasteiger partial charge in [0.15, 0.2) is 0 Å². The third-order valence-corrected chi connectivity index (χ3v) is 4.16. The van der Waals surface area contributed by atoms with Crippen molar-refractivity contribution in [1.29, 1.82) is 0 Å². The monoisotopic (exact) mass is 314 g/mol. The lowest BCUT2D eigenvalue weighted by molar-refractivity contribution is -0.119. The van der Waals surface area contributed by atoms with Gasteiger partial charge in [-0.25, -0.2) is 4.98 Å². The minimum atomic E-state index is 0.00371. The fourth-order valence-electron chi connectivity index (χ4n) is 2.87. The number of para-hydroxylation sites is 2. The van der Waals surface area contributed by atoms with Crippen LogP contribution in [0, 0.1) is 5.92 Å². The van der Waals surface area contributed by atoms with Gasteiger partial charge >= 0.3 is 0 Å². The maximum Gasteiger partial charge on any atom is 0.227 e. The van der Waals surface area contributed by atoms with Crippen molar-refractivity contribution in [1.82, 2.24) is 9.55 Å². The second kappa shape index (κ2) is 7.28. The molecule has 122 valence electrons. The first-order chi connectivity index (χ1) is 11.2. The molecule has 0 bridgehead atoms. The Hall–Kier alpha value is -2.34. The highest BCUT2D eigenvalue weighted by molar-refractivity contribution is 5.94. The van der Waals surface area contributed by atoms with Crippen LogP contribution in [0.1, 0.15) is 19.3 Å². The van der Waals surface area contributed by atoms with Crippen molar-refractivity contribution in [2.45, 2.75) is 31.8 Å². The zero-order chi connectivity index (χ0) is 16.1. The van der Waals surface area contributed by atoms with Crippen LogP contribution in [0.2, 0.25) is 0 Å². The number of carbonyl (C=O) groups is 1. The number of ether oxygens (including phenoxy) is 1. The van der Waals surface area contributed by atoms with Crippen LogP contribution in [0.5, 0.6) is 5.75 Å². The van der Waals surface area contributed by atoms with Gasteiger partial charge in [0.1, 0.15) is 12.4 Å². The fraction of sp³-hybridized carbons (Fsp3) is 0.412. The number of amides is 1. The number of carbonyl (C=O) groups excluding carboxylic acids is 1. The van der Waals surface area contributed by atoms with Gasteiger partial charge in [-0.3, -0.25) is 4.79 Å². The second-order valence-electron chi connectivity index (χ2n) is 5.90. The van der Waals surface area contributed by atoms with Gasteiger partial charge in [0, 0.05) is 24.4 Å². The normalized spacial score (nSPS) is 20.4. The molecule has 23 heavy (non-hydrogen) atoms. The van der Waals surface area contributed by atoms with E-state index in [0.29, 0.717) is 24.6 Å². The summed E-state index contributed by atoms with van der Waals surface area (Å²) >= 11 is 0. The van der Waals surface area contributed by atoms with Crippen LogP contribution in [0.3, 0.4) is 0 Å². The summed E-state index contributed by atoms with van der Waals surface area (Å²) < 4.78 is 7.75. The molecule has 2 unspecified atom stereocenters. The van der Waals surface area contributed by atoms with Crippen LogP contribution in [0.15, 0.2) is 43.0 Å². The van der Waals surface area contributed by atoms with E-state index in [2.05, 4.69) is 10.3 Å². The molecular weight excluding hydrogens is 292 g/mol. The topological polar surface area (TPSA) is 82.2 Å². The Morgan fingerprint density at radius 1 is 1.39 bits per heavy atom. The molecule has 1 amide bonds. The zero-order valence-corrected chi connectivity index (χ0v) is 13.0. The number of hydrogen-bond acceptors (Lipinski definition) is 4. The molecular formula is C17H22N4O2. The number of nitrogens with two attached hydrogens (primary N) is 1. The van der Waals surface area contributed by atoms with E-state index < -0.39 is 0 Å². The molecule has 1 aromatic carbocycles. The molecule has 1 aliphatic carbocycles. The Morgan fingerprint density at radius 3 is 3.00 bits per heavy atom. The van der Waals surface area contributed by atoms with E-state index in [9.17, 15) is 4.79 Å². The van der Waals surface area contributed by atoms with E-state index in [-0.39, 0.29) is 17.9 Å². The Bertz CT molecular complexity index is 642. The average Bonchev–Trinajstić information content (AvgIpc) is 3.20. The van der Waals surface area contributed by atoms with Gasteiger partial charge in [-0.05, 0) is 31.4 Å². The first kappa shape index (κ1) is 15.6. The highest BCUT2D eigenvalue weighted by Crippen LogP contribution is 2.28. The van der Waals surface area contributed by atoms with Crippen molar-refractivity contribution >= 4 is 11.6 Å². The number of imidazole rings is 1. The van der Waals surface area contributed by atoms with Crippen molar-refractivity contribution in [2.75, 3.05) is 11.9 Å². The lowest BCUT2D eigenvalue weighted by atomic mass is 10.1. The summed E-state index contributed by atoms with van der Waals surface area (Å²) in [6.45, 7) is 1.22. The molecule has 3 rings (SSSR count). The minimum Gasteiger partial charge on any atom is -0.490 e. The Morgan fingerprint density at radius 2 is 2.26 bits per heavy atom. The van der Waals surface area contributed by atoms with Gasteiger partial charge in [-0.2, -0.15) is 0 Å². The number of aromatic nitrogens is 2. The van der Waals surface area contributed by atoms with Gasteiger partial charge < -0.3 is 20.4 Å². The lowest BCUT2D eigenvalue weighted by Gasteiger charge is -2.15. The summed E-state index contributed by atoms with van der Waals surface area (Å²) in [7, 11) is 0. The Labute approximate surface area is 135 Å². The predicted molar refractivity (Wildman–Crippen MR) is 88.1 cm³/mol. The first-order valence-corrected chi connectivity index (χ1v) is 7.96. The number of hydrogen-bond donors (Lipinski definition) is 2.